The first-order valence-corrected chi connectivity index (χ1v) is 7.33. The summed E-state index contributed by atoms with van der Waals surface area (Å²) in [6.45, 7) is 0. The first-order valence-electron chi connectivity index (χ1n) is 4.65. The second-order valence-electron chi connectivity index (χ2n) is 3.21. The van der Waals surface area contributed by atoms with Crippen molar-refractivity contribution in [1.29, 1.82) is 5.26 Å². The molecule has 0 saturated heterocycles. The summed E-state index contributed by atoms with van der Waals surface area (Å²) in [5.41, 5.74) is 0.358. The molecule has 0 bridgehead atoms. The molecule has 0 spiro atoms. The molecule has 0 aromatic carbocycles. The van der Waals surface area contributed by atoms with Crippen molar-refractivity contribution >= 4 is 38.8 Å². The molecule has 0 aliphatic heterocycles. The van der Waals surface area contributed by atoms with Crippen LogP contribution in [0.5, 0.6) is 0 Å². The van der Waals surface area contributed by atoms with Gasteiger partial charge in [-0.15, -0.1) is 11.3 Å². The normalized spacial score (nSPS) is 10.9. The van der Waals surface area contributed by atoms with E-state index in [1.807, 2.05) is 6.07 Å². The number of sulfonamides is 1. The Bertz CT molecular complexity index is 701. The Labute approximate surface area is 113 Å². The minimum atomic E-state index is -3.67. The molecule has 2 heterocycles. The van der Waals surface area contributed by atoms with Crippen molar-refractivity contribution in [3.8, 4) is 6.07 Å². The van der Waals surface area contributed by atoms with Crippen LogP contribution in [-0.2, 0) is 10.0 Å². The Morgan fingerprint density at radius 1 is 1.33 bits per heavy atom. The van der Waals surface area contributed by atoms with Gasteiger partial charge >= 0.3 is 0 Å². The number of anilines is 1. The maximum atomic E-state index is 11.9. The minimum absolute atomic E-state index is 0.110. The zero-order valence-electron chi connectivity index (χ0n) is 8.79. The van der Waals surface area contributed by atoms with Gasteiger partial charge in [-0.1, -0.05) is 11.6 Å². The van der Waals surface area contributed by atoms with Crippen LogP contribution in [0.1, 0.15) is 5.56 Å². The fourth-order valence-electron chi connectivity index (χ4n) is 1.15. The van der Waals surface area contributed by atoms with E-state index < -0.39 is 10.0 Å². The molecule has 0 fully saturated rings. The topological polar surface area (TPSA) is 82.9 Å². The van der Waals surface area contributed by atoms with Crippen LogP contribution in [0.2, 0.25) is 4.34 Å². The number of hydrogen-bond donors (Lipinski definition) is 1. The van der Waals surface area contributed by atoms with Crippen molar-refractivity contribution in [3.63, 3.8) is 0 Å². The van der Waals surface area contributed by atoms with Crippen LogP contribution >= 0.6 is 22.9 Å². The number of halogens is 1. The summed E-state index contributed by atoms with van der Waals surface area (Å²) in [6.07, 6.45) is 1.29. The molecular formula is C10H6ClN3O2S2. The van der Waals surface area contributed by atoms with Gasteiger partial charge < -0.3 is 0 Å². The smallest absolute Gasteiger partial charge is 0.263 e. The van der Waals surface area contributed by atoms with Gasteiger partial charge in [0.05, 0.1) is 9.90 Å². The van der Waals surface area contributed by atoms with Crippen LogP contribution in [0.4, 0.5) is 5.82 Å². The lowest BCUT2D eigenvalue weighted by Gasteiger charge is -2.04. The Hall–Kier alpha value is -1.62. The lowest BCUT2D eigenvalue weighted by molar-refractivity contribution is 0.603. The first-order chi connectivity index (χ1) is 8.51. The number of nitrogens with one attached hydrogen (secondary N) is 1. The number of aromatic nitrogens is 1. The number of hydrogen-bond acceptors (Lipinski definition) is 5. The van der Waals surface area contributed by atoms with Crippen LogP contribution in [0, 0.1) is 11.3 Å². The van der Waals surface area contributed by atoms with Gasteiger partial charge in [-0.05, 0) is 24.3 Å². The van der Waals surface area contributed by atoms with Crippen molar-refractivity contribution in [1.82, 2.24) is 4.98 Å². The Kier molecular flexibility index (Phi) is 3.52. The lowest BCUT2D eigenvalue weighted by Crippen LogP contribution is -2.12. The van der Waals surface area contributed by atoms with Gasteiger partial charge in [-0.25, -0.2) is 13.4 Å². The largest absolute Gasteiger partial charge is 0.272 e. The van der Waals surface area contributed by atoms with Crippen LogP contribution in [0.25, 0.3) is 0 Å². The average molecular weight is 300 g/mol. The SMILES string of the molecule is N#Cc1ccc(NS(=O)(=O)c2ccc(Cl)s2)nc1. The summed E-state index contributed by atoms with van der Waals surface area (Å²) in [4.78, 5) is 3.83. The van der Waals surface area contributed by atoms with Crippen molar-refractivity contribution in [3.05, 3.63) is 40.4 Å². The molecule has 18 heavy (non-hydrogen) atoms. The molecule has 5 nitrogen and oxygen atoms in total. The van der Waals surface area contributed by atoms with E-state index in [0.29, 0.717) is 9.90 Å². The second kappa shape index (κ2) is 4.94. The summed E-state index contributed by atoms with van der Waals surface area (Å²) in [5.74, 6) is 0.151. The van der Waals surface area contributed by atoms with Gasteiger partial charge in [0.1, 0.15) is 16.1 Å². The fraction of sp³-hybridized carbons (Fsp3) is 0. The lowest BCUT2D eigenvalue weighted by atomic mass is 10.3. The highest BCUT2D eigenvalue weighted by atomic mass is 35.5. The van der Waals surface area contributed by atoms with E-state index in [9.17, 15) is 8.42 Å². The number of nitriles is 1. The van der Waals surface area contributed by atoms with E-state index in [2.05, 4.69) is 9.71 Å². The fourth-order valence-corrected chi connectivity index (χ4v) is 3.64. The zero-order valence-corrected chi connectivity index (χ0v) is 11.2. The summed E-state index contributed by atoms with van der Waals surface area (Å²) >= 11 is 6.64. The molecule has 0 aliphatic carbocycles. The average Bonchev–Trinajstić information content (AvgIpc) is 2.77. The molecule has 0 aliphatic rings. The molecule has 2 aromatic heterocycles. The Morgan fingerprint density at radius 2 is 2.11 bits per heavy atom. The third-order valence-electron chi connectivity index (χ3n) is 1.94. The van der Waals surface area contributed by atoms with Crippen LogP contribution in [0.3, 0.4) is 0 Å². The molecule has 0 atom stereocenters. The standard InChI is InChI=1S/C10H6ClN3O2S2/c11-8-2-4-10(17-8)18(15,16)14-9-3-1-7(5-12)6-13-9/h1-4,6H,(H,13,14). The van der Waals surface area contributed by atoms with Crippen molar-refractivity contribution in [2.24, 2.45) is 0 Å². The molecular weight excluding hydrogens is 294 g/mol. The minimum Gasteiger partial charge on any atom is -0.263 e. The van der Waals surface area contributed by atoms with Gasteiger partial charge in [-0.3, -0.25) is 4.72 Å². The van der Waals surface area contributed by atoms with Crippen molar-refractivity contribution < 1.29 is 8.42 Å². The predicted molar refractivity (Wildman–Crippen MR) is 69.1 cm³/mol. The molecule has 8 heteroatoms. The summed E-state index contributed by atoms with van der Waals surface area (Å²) < 4.78 is 26.6. The molecule has 2 rings (SSSR count). The highest BCUT2D eigenvalue weighted by Gasteiger charge is 2.17. The molecule has 0 radical (unpaired) electrons. The Balaban J connectivity index is 2.25. The van der Waals surface area contributed by atoms with Crippen molar-refractivity contribution in [2.75, 3.05) is 4.72 Å². The molecule has 0 saturated carbocycles. The van der Waals surface area contributed by atoms with E-state index in [-0.39, 0.29) is 10.0 Å². The number of thiophene rings is 1. The molecule has 2 aromatic rings. The Morgan fingerprint density at radius 3 is 2.61 bits per heavy atom. The summed E-state index contributed by atoms with van der Waals surface area (Å²) in [6, 6.07) is 7.72. The number of rotatable bonds is 3. The van der Waals surface area contributed by atoms with Crippen molar-refractivity contribution in [2.45, 2.75) is 4.21 Å². The van der Waals surface area contributed by atoms with Crippen LogP contribution < -0.4 is 4.72 Å². The highest BCUT2D eigenvalue weighted by Crippen LogP contribution is 2.26. The third kappa shape index (κ3) is 2.79. The first kappa shape index (κ1) is 12.8. The highest BCUT2D eigenvalue weighted by molar-refractivity contribution is 7.94. The summed E-state index contributed by atoms with van der Waals surface area (Å²) in [5, 5.41) is 8.60. The molecule has 0 unspecified atom stereocenters. The quantitative estimate of drug-likeness (QED) is 0.943. The molecule has 1 N–H and O–H groups in total. The third-order valence-corrected chi connectivity index (χ3v) is 5.02. The second-order valence-corrected chi connectivity index (χ2v) is 6.83. The molecule has 0 amide bonds. The monoisotopic (exact) mass is 299 g/mol. The summed E-state index contributed by atoms with van der Waals surface area (Å²) in [7, 11) is -3.67. The maximum absolute atomic E-state index is 11.9. The van der Waals surface area contributed by atoms with Gasteiger partial charge in [0.15, 0.2) is 0 Å². The van der Waals surface area contributed by atoms with E-state index in [1.54, 1.807) is 0 Å². The van der Waals surface area contributed by atoms with E-state index in [4.69, 9.17) is 16.9 Å². The van der Waals surface area contributed by atoms with E-state index in [1.165, 1.54) is 30.5 Å². The van der Waals surface area contributed by atoms with Gasteiger partial charge in [0, 0.05) is 6.20 Å². The van der Waals surface area contributed by atoms with Gasteiger partial charge in [0.2, 0.25) is 0 Å². The van der Waals surface area contributed by atoms with Gasteiger partial charge in [-0.2, -0.15) is 5.26 Å². The van der Waals surface area contributed by atoms with Crippen LogP contribution in [-0.4, -0.2) is 13.4 Å². The molecule has 92 valence electrons. The van der Waals surface area contributed by atoms with E-state index >= 15 is 0 Å². The number of pyridine rings is 1. The van der Waals surface area contributed by atoms with Crippen LogP contribution in [0.15, 0.2) is 34.7 Å². The zero-order chi connectivity index (χ0) is 13.2. The maximum Gasteiger partial charge on any atom is 0.272 e. The van der Waals surface area contributed by atoms with Gasteiger partial charge in [0.25, 0.3) is 10.0 Å². The van der Waals surface area contributed by atoms with E-state index in [0.717, 1.165) is 11.3 Å². The number of nitrogens with zero attached hydrogens (tertiary/aromatic N) is 2. The predicted octanol–water partition coefficient (Wildman–Crippen LogP) is 2.47.